The highest BCUT2D eigenvalue weighted by Gasteiger charge is 2.15. The molecule has 0 bridgehead atoms. The molecule has 0 heterocycles. The molecule has 1 N–H and O–H groups in total. The van der Waals surface area contributed by atoms with Gasteiger partial charge in [0, 0.05) is 9.26 Å². The average molecular weight is 411 g/mol. The average Bonchev–Trinajstić information content (AvgIpc) is 2.54. The minimum atomic E-state index is -0.168. The highest BCUT2D eigenvalue weighted by Crippen LogP contribution is 2.31. The summed E-state index contributed by atoms with van der Waals surface area (Å²) in [4.78, 5) is 12.5. The third-order valence-electron chi connectivity index (χ3n) is 3.31. The minimum Gasteiger partial charge on any atom is -0.493 e. The highest BCUT2D eigenvalue weighted by molar-refractivity contribution is 14.1. The van der Waals surface area contributed by atoms with E-state index < -0.39 is 0 Å². The van der Waals surface area contributed by atoms with E-state index in [0.29, 0.717) is 17.1 Å². The molecule has 2 aromatic rings. The summed E-state index contributed by atoms with van der Waals surface area (Å²) in [5, 5.41) is 2.92. The third kappa shape index (κ3) is 3.71. The quantitative estimate of drug-likeness (QED) is 0.754. The van der Waals surface area contributed by atoms with E-state index in [4.69, 9.17) is 9.47 Å². The van der Waals surface area contributed by atoms with Crippen molar-refractivity contribution in [2.75, 3.05) is 19.5 Å². The lowest BCUT2D eigenvalue weighted by Gasteiger charge is -2.12. The predicted molar refractivity (Wildman–Crippen MR) is 96.0 cm³/mol. The molecule has 0 radical (unpaired) electrons. The van der Waals surface area contributed by atoms with E-state index in [1.165, 1.54) is 5.56 Å². The number of halogens is 1. The first-order chi connectivity index (χ1) is 10.6. The molecule has 0 unspecified atom stereocenters. The lowest BCUT2D eigenvalue weighted by atomic mass is 10.1. The van der Waals surface area contributed by atoms with Crippen LogP contribution in [0.25, 0.3) is 0 Å². The third-order valence-corrected chi connectivity index (χ3v) is 4.20. The maximum Gasteiger partial charge on any atom is 0.256 e. The van der Waals surface area contributed by atoms with Gasteiger partial charge < -0.3 is 14.8 Å². The Morgan fingerprint density at radius 2 is 1.82 bits per heavy atom. The molecule has 0 aliphatic rings. The Labute approximate surface area is 144 Å². The van der Waals surface area contributed by atoms with Gasteiger partial charge in [0.25, 0.3) is 5.91 Å². The van der Waals surface area contributed by atoms with Crippen LogP contribution >= 0.6 is 22.6 Å². The second-order valence-corrected chi connectivity index (χ2v) is 5.86. The zero-order valence-corrected chi connectivity index (χ0v) is 14.9. The van der Waals surface area contributed by atoms with Gasteiger partial charge in [-0.05, 0) is 58.8 Å². The first kappa shape index (κ1) is 16.6. The second kappa shape index (κ2) is 7.49. The molecule has 22 heavy (non-hydrogen) atoms. The summed E-state index contributed by atoms with van der Waals surface area (Å²) in [5.74, 6) is 0.977. The zero-order chi connectivity index (χ0) is 16.1. The summed E-state index contributed by atoms with van der Waals surface area (Å²) < 4.78 is 11.3. The molecule has 0 aromatic heterocycles. The molecule has 4 nitrogen and oxygen atoms in total. The van der Waals surface area contributed by atoms with Crippen LogP contribution in [0.3, 0.4) is 0 Å². The fraction of sp³-hybridized carbons (Fsp3) is 0.235. The van der Waals surface area contributed by atoms with Crippen molar-refractivity contribution >= 4 is 34.2 Å². The van der Waals surface area contributed by atoms with Crippen molar-refractivity contribution in [2.45, 2.75) is 13.3 Å². The molecular formula is C17H18INO3. The van der Waals surface area contributed by atoms with Gasteiger partial charge in [0.15, 0.2) is 11.5 Å². The first-order valence-electron chi connectivity index (χ1n) is 6.90. The Kier molecular flexibility index (Phi) is 5.65. The number of carbonyl (C=O) groups is 1. The van der Waals surface area contributed by atoms with E-state index in [2.05, 4.69) is 34.8 Å². The van der Waals surface area contributed by atoms with Crippen LogP contribution < -0.4 is 14.8 Å². The lowest BCUT2D eigenvalue weighted by molar-refractivity contribution is 0.102. The summed E-state index contributed by atoms with van der Waals surface area (Å²) in [6.45, 7) is 2.08. The molecule has 0 aliphatic carbocycles. The Bertz CT molecular complexity index is 686. The van der Waals surface area contributed by atoms with Crippen LogP contribution in [0.15, 0.2) is 36.4 Å². The SMILES string of the molecule is CCc1cccc(NC(=O)c2cc(OC)c(OC)cc2I)c1. The number of benzene rings is 2. The predicted octanol–water partition coefficient (Wildman–Crippen LogP) is 4.12. The van der Waals surface area contributed by atoms with Gasteiger partial charge in [-0.25, -0.2) is 0 Å². The number of methoxy groups -OCH3 is 2. The number of amides is 1. The number of aryl methyl sites for hydroxylation is 1. The van der Waals surface area contributed by atoms with Gasteiger partial charge in [-0.15, -0.1) is 0 Å². The Morgan fingerprint density at radius 1 is 1.14 bits per heavy atom. The molecule has 0 aliphatic heterocycles. The molecule has 1 amide bonds. The fourth-order valence-electron chi connectivity index (χ4n) is 2.10. The maximum absolute atomic E-state index is 12.5. The van der Waals surface area contributed by atoms with Crippen LogP contribution in [-0.2, 0) is 6.42 Å². The van der Waals surface area contributed by atoms with Crippen molar-refractivity contribution in [3.8, 4) is 11.5 Å². The molecule has 0 spiro atoms. The molecule has 116 valence electrons. The van der Waals surface area contributed by atoms with Gasteiger partial charge in [0.2, 0.25) is 0 Å². The number of ether oxygens (including phenoxy) is 2. The molecule has 2 aromatic carbocycles. The van der Waals surface area contributed by atoms with Crippen molar-refractivity contribution < 1.29 is 14.3 Å². The van der Waals surface area contributed by atoms with Gasteiger partial charge in [-0.2, -0.15) is 0 Å². The van der Waals surface area contributed by atoms with E-state index in [1.807, 2.05) is 24.3 Å². The molecule has 0 saturated carbocycles. The molecule has 0 atom stereocenters. The Hall–Kier alpha value is -1.76. The number of nitrogens with one attached hydrogen (secondary N) is 1. The van der Waals surface area contributed by atoms with Crippen LogP contribution in [0.2, 0.25) is 0 Å². The normalized spacial score (nSPS) is 10.2. The van der Waals surface area contributed by atoms with Gasteiger partial charge in [-0.1, -0.05) is 19.1 Å². The monoisotopic (exact) mass is 411 g/mol. The van der Waals surface area contributed by atoms with Gasteiger partial charge in [0.05, 0.1) is 19.8 Å². The van der Waals surface area contributed by atoms with Crippen molar-refractivity contribution in [1.82, 2.24) is 0 Å². The summed E-state index contributed by atoms with van der Waals surface area (Å²) in [6, 6.07) is 11.3. The largest absolute Gasteiger partial charge is 0.493 e. The van der Waals surface area contributed by atoms with Gasteiger partial charge in [-0.3, -0.25) is 4.79 Å². The van der Waals surface area contributed by atoms with E-state index in [9.17, 15) is 4.79 Å². The smallest absolute Gasteiger partial charge is 0.256 e. The second-order valence-electron chi connectivity index (χ2n) is 4.70. The van der Waals surface area contributed by atoms with Crippen LogP contribution in [-0.4, -0.2) is 20.1 Å². The molecule has 2 rings (SSSR count). The molecule has 0 saturated heterocycles. The number of anilines is 1. The standard InChI is InChI=1S/C17H18INO3/c1-4-11-6-5-7-12(8-11)19-17(20)13-9-15(21-2)16(22-3)10-14(13)18/h5-10H,4H2,1-3H3,(H,19,20). The molecule has 5 heteroatoms. The maximum atomic E-state index is 12.5. The van der Waals surface area contributed by atoms with Gasteiger partial charge >= 0.3 is 0 Å². The van der Waals surface area contributed by atoms with Crippen LogP contribution in [0.1, 0.15) is 22.8 Å². The van der Waals surface area contributed by atoms with Crippen molar-refractivity contribution in [1.29, 1.82) is 0 Å². The summed E-state index contributed by atoms with van der Waals surface area (Å²) in [6.07, 6.45) is 0.928. The van der Waals surface area contributed by atoms with E-state index in [-0.39, 0.29) is 5.91 Å². The van der Waals surface area contributed by atoms with Crippen LogP contribution in [0.4, 0.5) is 5.69 Å². The Balaban J connectivity index is 2.29. The number of carbonyl (C=O) groups excluding carboxylic acids is 1. The first-order valence-corrected chi connectivity index (χ1v) is 7.98. The zero-order valence-electron chi connectivity index (χ0n) is 12.8. The van der Waals surface area contributed by atoms with Crippen molar-refractivity contribution in [2.24, 2.45) is 0 Å². The van der Waals surface area contributed by atoms with Gasteiger partial charge in [0.1, 0.15) is 0 Å². The number of rotatable bonds is 5. The van der Waals surface area contributed by atoms with E-state index in [0.717, 1.165) is 15.7 Å². The van der Waals surface area contributed by atoms with Crippen molar-refractivity contribution in [3.63, 3.8) is 0 Å². The van der Waals surface area contributed by atoms with E-state index >= 15 is 0 Å². The van der Waals surface area contributed by atoms with Crippen LogP contribution in [0.5, 0.6) is 11.5 Å². The summed E-state index contributed by atoms with van der Waals surface area (Å²) in [7, 11) is 3.13. The summed E-state index contributed by atoms with van der Waals surface area (Å²) in [5.41, 5.74) is 2.52. The molecular weight excluding hydrogens is 393 g/mol. The topological polar surface area (TPSA) is 47.6 Å². The fourth-order valence-corrected chi connectivity index (χ4v) is 2.78. The highest BCUT2D eigenvalue weighted by atomic mass is 127. The van der Waals surface area contributed by atoms with Crippen LogP contribution in [0, 0.1) is 3.57 Å². The minimum absolute atomic E-state index is 0.168. The van der Waals surface area contributed by atoms with Crippen molar-refractivity contribution in [3.05, 3.63) is 51.1 Å². The van der Waals surface area contributed by atoms with E-state index in [1.54, 1.807) is 26.4 Å². The molecule has 0 fully saturated rings. The summed E-state index contributed by atoms with van der Waals surface area (Å²) >= 11 is 2.12. The lowest BCUT2D eigenvalue weighted by Crippen LogP contribution is -2.14. The number of hydrogen-bond acceptors (Lipinski definition) is 3. The number of hydrogen-bond donors (Lipinski definition) is 1. The Morgan fingerprint density at radius 3 is 2.45 bits per heavy atom.